The fraction of sp³-hybridized carbons (Fsp3) is 0.389. The van der Waals surface area contributed by atoms with Gasteiger partial charge in [-0.25, -0.2) is 9.48 Å². The predicted molar refractivity (Wildman–Crippen MR) is 93.2 cm³/mol. The molecule has 0 bridgehead atoms. The van der Waals surface area contributed by atoms with Crippen LogP contribution in [0.15, 0.2) is 36.5 Å². The van der Waals surface area contributed by atoms with Gasteiger partial charge in [-0.15, -0.1) is 0 Å². The van der Waals surface area contributed by atoms with E-state index in [1.165, 1.54) is 4.68 Å². The molecular weight excluding hydrogens is 320 g/mol. The number of piperidine rings is 1. The van der Waals surface area contributed by atoms with Gasteiger partial charge in [-0.2, -0.15) is 5.10 Å². The SMILES string of the molecule is CC1CCN(C(=O)COC(=O)c2ccn(-c3ccccc3N)n2)CC1. The Bertz CT molecular complexity index is 763. The van der Waals surface area contributed by atoms with Crippen LogP contribution in [0.4, 0.5) is 5.69 Å². The Morgan fingerprint density at radius 2 is 1.96 bits per heavy atom. The second-order valence-corrected chi connectivity index (χ2v) is 6.34. The van der Waals surface area contributed by atoms with Crippen LogP contribution in [-0.2, 0) is 9.53 Å². The molecule has 0 atom stereocenters. The van der Waals surface area contributed by atoms with Crippen LogP contribution < -0.4 is 5.73 Å². The van der Waals surface area contributed by atoms with E-state index in [1.54, 1.807) is 29.3 Å². The number of hydrogen-bond donors (Lipinski definition) is 1. The molecule has 1 amide bonds. The highest BCUT2D eigenvalue weighted by Gasteiger charge is 2.22. The molecule has 1 aliphatic heterocycles. The Morgan fingerprint density at radius 3 is 2.68 bits per heavy atom. The van der Waals surface area contributed by atoms with Gasteiger partial charge in [0, 0.05) is 19.3 Å². The maximum absolute atomic E-state index is 12.1. The van der Waals surface area contributed by atoms with Crippen molar-refractivity contribution in [1.29, 1.82) is 0 Å². The number of rotatable bonds is 4. The van der Waals surface area contributed by atoms with E-state index in [0.29, 0.717) is 17.3 Å². The van der Waals surface area contributed by atoms with E-state index in [4.69, 9.17) is 10.5 Å². The van der Waals surface area contributed by atoms with E-state index in [2.05, 4.69) is 12.0 Å². The van der Waals surface area contributed by atoms with Crippen molar-refractivity contribution >= 4 is 17.6 Å². The highest BCUT2D eigenvalue weighted by Crippen LogP contribution is 2.17. The minimum Gasteiger partial charge on any atom is -0.451 e. The van der Waals surface area contributed by atoms with Crippen molar-refractivity contribution in [3.63, 3.8) is 0 Å². The Morgan fingerprint density at radius 1 is 1.24 bits per heavy atom. The van der Waals surface area contributed by atoms with Crippen LogP contribution in [0.1, 0.15) is 30.3 Å². The molecule has 7 nitrogen and oxygen atoms in total. The molecule has 1 fully saturated rings. The molecule has 2 N–H and O–H groups in total. The van der Waals surface area contributed by atoms with Crippen molar-refractivity contribution in [2.75, 3.05) is 25.4 Å². The summed E-state index contributed by atoms with van der Waals surface area (Å²) in [7, 11) is 0. The van der Waals surface area contributed by atoms with Crippen LogP contribution in [0.25, 0.3) is 5.69 Å². The molecule has 0 radical (unpaired) electrons. The number of hydrogen-bond acceptors (Lipinski definition) is 5. The second-order valence-electron chi connectivity index (χ2n) is 6.34. The lowest BCUT2D eigenvalue weighted by molar-refractivity contribution is -0.135. The summed E-state index contributed by atoms with van der Waals surface area (Å²) in [6, 6.07) is 8.77. The first-order chi connectivity index (χ1) is 12.0. The van der Waals surface area contributed by atoms with Crippen molar-refractivity contribution < 1.29 is 14.3 Å². The number of anilines is 1. The van der Waals surface area contributed by atoms with E-state index >= 15 is 0 Å². The Hall–Kier alpha value is -2.83. The molecule has 0 saturated carbocycles. The van der Waals surface area contributed by atoms with Gasteiger partial charge in [0.25, 0.3) is 5.91 Å². The molecule has 25 heavy (non-hydrogen) atoms. The molecule has 0 unspecified atom stereocenters. The molecule has 1 aromatic carbocycles. The number of likely N-dealkylation sites (tertiary alicyclic amines) is 1. The number of carbonyl (C=O) groups is 2. The first kappa shape index (κ1) is 17.0. The Balaban J connectivity index is 1.57. The zero-order valence-electron chi connectivity index (χ0n) is 14.2. The van der Waals surface area contributed by atoms with E-state index in [-0.39, 0.29) is 18.2 Å². The van der Waals surface area contributed by atoms with E-state index in [9.17, 15) is 9.59 Å². The van der Waals surface area contributed by atoms with Gasteiger partial charge in [0.05, 0.1) is 11.4 Å². The van der Waals surface area contributed by atoms with Gasteiger partial charge in [0.1, 0.15) is 0 Å². The first-order valence-electron chi connectivity index (χ1n) is 8.40. The van der Waals surface area contributed by atoms with E-state index < -0.39 is 5.97 Å². The molecular formula is C18H22N4O3. The standard InChI is InChI=1S/C18H22N4O3/c1-13-6-9-21(10-7-13)17(23)12-25-18(24)15-8-11-22(20-15)16-5-3-2-4-14(16)19/h2-5,8,11,13H,6-7,9-10,12,19H2,1H3. The number of para-hydroxylation sites is 2. The molecule has 1 saturated heterocycles. The molecule has 7 heteroatoms. The number of nitrogen functional groups attached to an aromatic ring is 1. The Kier molecular flexibility index (Phi) is 5.02. The van der Waals surface area contributed by atoms with Crippen LogP contribution in [0, 0.1) is 5.92 Å². The monoisotopic (exact) mass is 342 g/mol. The first-order valence-corrected chi connectivity index (χ1v) is 8.40. The minimum atomic E-state index is -0.619. The molecule has 0 spiro atoms. The minimum absolute atomic E-state index is 0.142. The third kappa shape index (κ3) is 3.99. The summed E-state index contributed by atoms with van der Waals surface area (Å²) in [5.41, 5.74) is 7.28. The van der Waals surface area contributed by atoms with Crippen molar-refractivity contribution in [2.24, 2.45) is 5.92 Å². The number of amides is 1. The van der Waals surface area contributed by atoms with Crippen molar-refractivity contribution in [2.45, 2.75) is 19.8 Å². The number of benzene rings is 1. The van der Waals surface area contributed by atoms with Crippen LogP contribution in [0.3, 0.4) is 0 Å². The fourth-order valence-corrected chi connectivity index (χ4v) is 2.81. The van der Waals surface area contributed by atoms with Gasteiger partial charge < -0.3 is 15.4 Å². The van der Waals surface area contributed by atoms with Crippen LogP contribution in [0.2, 0.25) is 0 Å². The normalized spacial score (nSPS) is 15.2. The third-order valence-electron chi connectivity index (χ3n) is 4.44. The zero-order valence-corrected chi connectivity index (χ0v) is 14.2. The number of nitrogens with two attached hydrogens (primary N) is 1. The lowest BCUT2D eigenvalue weighted by Gasteiger charge is -2.30. The van der Waals surface area contributed by atoms with Gasteiger partial charge >= 0.3 is 5.97 Å². The lowest BCUT2D eigenvalue weighted by Crippen LogP contribution is -2.40. The van der Waals surface area contributed by atoms with Gasteiger partial charge in [-0.1, -0.05) is 19.1 Å². The summed E-state index contributed by atoms with van der Waals surface area (Å²) in [6.07, 6.45) is 3.61. The number of esters is 1. The second kappa shape index (κ2) is 7.38. The number of aromatic nitrogens is 2. The average molecular weight is 342 g/mol. The fourth-order valence-electron chi connectivity index (χ4n) is 2.81. The lowest BCUT2D eigenvalue weighted by atomic mass is 9.99. The molecule has 132 valence electrons. The topological polar surface area (TPSA) is 90.5 Å². The smallest absolute Gasteiger partial charge is 0.359 e. The highest BCUT2D eigenvalue weighted by molar-refractivity contribution is 5.89. The molecule has 3 rings (SSSR count). The molecule has 1 aromatic heterocycles. The summed E-state index contributed by atoms with van der Waals surface area (Å²) < 4.78 is 6.63. The van der Waals surface area contributed by atoms with Gasteiger partial charge in [0.15, 0.2) is 12.3 Å². The molecule has 2 aromatic rings. The van der Waals surface area contributed by atoms with Gasteiger partial charge in [-0.3, -0.25) is 4.79 Å². The zero-order chi connectivity index (χ0) is 17.8. The quantitative estimate of drug-likeness (QED) is 0.677. The van der Waals surface area contributed by atoms with Crippen LogP contribution in [0.5, 0.6) is 0 Å². The maximum atomic E-state index is 12.1. The highest BCUT2D eigenvalue weighted by atomic mass is 16.5. The van der Waals surface area contributed by atoms with Crippen molar-refractivity contribution in [3.8, 4) is 5.69 Å². The largest absolute Gasteiger partial charge is 0.451 e. The maximum Gasteiger partial charge on any atom is 0.359 e. The third-order valence-corrected chi connectivity index (χ3v) is 4.44. The van der Waals surface area contributed by atoms with Crippen molar-refractivity contribution in [3.05, 3.63) is 42.2 Å². The van der Waals surface area contributed by atoms with Crippen molar-refractivity contribution in [1.82, 2.24) is 14.7 Å². The number of nitrogens with zero attached hydrogens (tertiary/aromatic N) is 3. The summed E-state index contributed by atoms with van der Waals surface area (Å²) >= 11 is 0. The van der Waals surface area contributed by atoms with Crippen LogP contribution in [-0.4, -0.2) is 46.3 Å². The molecule has 0 aliphatic carbocycles. The van der Waals surface area contributed by atoms with E-state index in [0.717, 1.165) is 25.9 Å². The van der Waals surface area contributed by atoms with Gasteiger partial charge in [0.2, 0.25) is 0 Å². The Labute approximate surface area is 146 Å². The summed E-state index contributed by atoms with van der Waals surface area (Å²) in [6.45, 7) is 3.37. The average Bonchev–Trinajstić information content (AvgIpc) is 3.10. The predicted octanol–water partition coefficient (Wildman–Crippen LogP) is 1.87. The summed E-state index contributed by atoms with van der Waals surface area (Å²) in [4.78, 5) is 26.0. The van der Waals surface area contributed by atoms with Gasteiger partial charge in [-0.05, 0) is 37.0 Å². The number of ether oxygens (including phenoxy) is 1. The summed E-state index contributed by atoms with van der Waals surface area (Å²) in [5, 5.41) is 4.18. The number of carbonyl (C=O) groups excluding carboxylic acids is 2. The molecule has 1 aliphatic rings. The summed E-state index contributed by atoms with van der Waals surface area (Å²) in [5.74, 6) is -0.139. The van der Waals surface area contributed by atoms with Crippen LogP contribution >= 0.6 is 0 Å². The van der Waals surface area contributed by atoms with E-state index in [1.807, 2.05) is 12.1 Å². The molecule has 2 heterocycles.